The smallest absolute Gasteiger partial charge is 0.101 e. The molecule has 112 valence electrons. The van der Waals surface area contributed by atoms with E-state index in [1.165, 1.54) is 16.7 Å². The molecule has 1 N–H and O–H groups in total. The van der Waals surface area contributed by atoms with Crippen LogP contribution < -0.4 is 5.32 Å². The van der Waals surface area contributed by atoms with Crippen LogP contribution in [0, 0.1) is 6.92 Å². The first kappa shape index (κ1) is 14.4. The van der Waals surface area contributed by atoms with Crippen LogP contribution in [0.15, 0.2) is 41.0 Å². The average molecular weight is 285 g/mol. The van der Waals surface area contributed by atoms with E-state index in [0.29, 0.717) is 0 Å². The summed E-state index contributed by atoms with van der Waals surface area (Å²) in [5.74, 6) is 0.956. The third-order valence-electron chi connectivity index (χ3n) is 4.15. The maximum absolute atomic E-state index is 6.04. The molecule has 2 aromatic rings. The van der Waals surface area contributed by atoms with Gasteiger partial charge in [0.1, 0.15) is 5.76 Å². The highest BCUT2D eigenvalue weighted by Gasteiger charge is 2.25. The van der Waals surface area contributed by atoms with Gasteiger partial charge in [0, 0.05) is 11.6 Å². The number of fused-ring (bicyclic) bond motifs is 1. The summed E-state index contributed by atoms with van der Waals surface area (Å²) in [4.78, 5) is 0. The molecule has 21 heavy (non-hydrogen) atoms. The number of hydrogen-bond donors (Lipinski definition) is 1. The average Bonchev–Trinajstić information content (AvgIpc) is 2.94. The Morgan fingerprint density at radius 1 is 1.33 bits per heavy atom. The molecule has 0 aliphatic carbocycles. The van der Waals surface area contributed by atoms with E-state index in [2.05, 4.69) is 42.6 Å². The van der Waals surface area contributed by atoms with Crippen molar-refractivity contribution in [2.45, 2.75) is 38.8 Å². The van der Waals surface area contributed by atoms with Crippen LogP contribution in [-0.2, 0) is 11.2 Å². The van der Waals surface area contributed by atoms with Gasteiger partial charge in [-0.25, -0.2) is 0 Å². The third-order valence-corrected chi connectivity index (χ3v) is 4.15. The van der Waals surface area contributed by atoms with Gasteiger partial charge in [-0.1, -0.05) is 31.2 Å². The molecule has 1 aromatic carbocycles. The predicted molar refractivity (Wildman–Crippen MR) is 83.3 cm³/mol. The van der Waals surface area contributed by atoms with Gasteiger partial charge < -0.3 is 14.5 Å². The normalized spacial score (nSPS) is 19.2. The second-order valence-electron chi connectivity index (χ2n) is 5.64. The van der Waals surface area contributed by atoms with Gasteiger partial charge in [0.2, 0.25) is 0 Å². The Morgan fingerprint density at radius 3 is 2.95 bits per heavy atom. The molecule has 3 heteroatoms. The fourth-order valence-electron chi connectivity index (χ4n) is 3.12. The van der Waals surface area contributed by atoms with Crippen molar-refractivity contribution in [2.24, 2.45) is 0 Å². The van der Waals surface area contributed by atoms with Crippen LogP contribution in [0.1, 0.15) is 47.9 Å². The largest absolute Gasteiger partial charge is 0.469 e. The molecule has 2 unspecified atom stereocenters. The van der Waals surface area contributed by atoms with E-state index in [-0.39, 0.29) is 12.1 Å². The molecular weight excluding hydrogens is 262 g/mol. The van der Waals surface area contributed by atoms with Crippen molar-refractivity contribution in [2.75, 3.05) is 13.2 Å². The molecule has 0 spiro atoms. The second-order valence-corrected chi connectivity index (χ2v) is 5.64. The van der Waals surface area contributed by atoms with Crippen LogP contribution in [0.4, 0.5) is 0 Å². The van der Waals surface area contributed by atoms with Gasteiger partial charge in [0.25, 0.3) is 0 Å². The molecule has 2 heterocycles. The van der Waals surface area contributed by atoms with Crippen molar-refractivity contribution < 1.29 is 9.15 Å². The summed E-state index contributed by atoms with van der Waals surface area (Å²) in [5, 5.41) is 3.55. The monoisotopic (exact) mass is 285 g/mol. The summed E-state index contributed by atoms with van der Waals surface area (Å²) < 4.78 is 11.5. The highest BCUT2D eigenvalue weighted by atomic mass is 16.5. The minimum absolute atomic E-state index is 0.161. The summed E-state index contributed by atoms with van der Waals surface area (Å²) in [6.07, 6.45) is 3.97. The second kappa shape index (κ2) is 6.46. The summed E-state index contributed by atoms with van der Waals surface area (Å²) >= 11 is 0. The number of ether oxygens (including phenoxy) is 1. The number of hydrogen-bond acceptors (Lipinski definition) is 3. The highest BCUT2D eigenvalue weighted by molar-refractivity contribution is 5.31. The van der Waals surface area contributed by atoms with E-state index in [1.54, 1.807) is 0 Å². The number of benzene rings is 1. The lowest BCUT2D eigenvalue weighted by molar-refractivity contribution is 0.0294. The van der Waals surface area contributed by atoms with Gasteiger partial charge in [-0.15, -0.1) is 0 Å². The lowest BCUT2D eigenvalue weighted by Gasteiger charge is -2.29. The van der Waals surface area contributed by atoms with Gasteiger partial charge in [-0.3, -0.25) is 0 Å². The van der Waals surface area contributed by atoms with Crippen molar-refractivity contribution in [3.8, 4) is 0 Å². The minimum atomic E-state index is 0.161. The Kier molecular flexibility index (Phi) is 4.42. The molecule has 1 aliphatic rings. The Bertz CT molecular complexity index is 590. The topological polar surface area (TPSA) is 34.4 Å². The first-order valence-corrected chi connectivity index (χ1v) is 7.75. The molecule has 0 saturated heterocycles. The molecule has 0 amide bonds. The van der Waals surface area contributed by atoms with Gasteiger partial charge in [-0.05, 0) is 43.5 Å². The lowest BCUT2D eigenvalue weighted by Crippen LogP contribution is -2.25. The molecule has 2 atom stereocenters. The van der Waals surface area contributed by atoms with Gasteiger partial charge in [0.05, 0.1) is 19.0 Å². The van der Waals surface area contributed by atoms with Crippen LogP contribution in [0.2, 0.25) is 0 Å². The quantitative estimate of drug-likeness (QED) is 0.903. The fourth-order valence-corrected chi connectivity index (χ4v) is 3.12. The molecule has 0 bridgehead atoms. The molecule has 3 nitrogen and oxygen atoms in total. The SMILES string of the molecule is CCNC(CC1OCCc2ccccc21)c1coc(C)c1. The van der Waals surface area contributed by atoms with Crippen LogP contribution in [0.25, 0.3) is 0 Å². The molecule has 1 aromatic heterocycles. The van der Waals surface area contributed by atoms with Crippen LogP contribution in [0.3, 0.4) is 0 Å². The van der Waals surface area contributed by atoms with Crippen molar-refractivity contribution in [1.82, 2.24) is 5.32 Å². The highest BCUT2D eigenvalue weighted by Crippen LogP contribution is 2.34. The summed E-state index contributed by atoms with van der Waals surface area (Å²) in [6, 6.07) is 11.0. The number of nitrogens with one attached hydrogen (secondary N) is 1. The molecule has 0 saturated carbocycles. The van der Waals surface area contributed by atoms with Gasteiger partial charge in [-0.2, -0.15) is 0 Å². The zero-order valence-electron chi connectivity index (χ0n) is 12.8. The van der Waals surface area contributed by atoms with Gasteiger partial charge >= 0.3 is 0 Å². The van der Waals surface area contributed by atoms with Crippen LogP contribution >= 0.6 is 0 Å². The lowest BCUT2D eigenvalue weighted by atomic mass is 9.92. The molecule has 0 fully saturated rings. The summed E-state index contributed by atoms with van der Waals surface area (Å²) in [6.45, 7) is 5.86. The van der Waals surface area contributed by atoms with Crippen LogP contribution in [0.5, 0.6) is 0 Å². The van der Waals surface area contributed by atoms with Crippen molar-refractivity contribution >= 4 is 0 Å². The Morgan fingerprint density at radius 2 is 2.19 bits per heavy atom. The Hall–Kier alpha value is -1.58. The summed E-state index contributed by atoms with van der Waals surface area (Å²) in [7, 11) is 0. The standard InChI is InChI=1S/C18H23NO2/c1-3-19-17(15-10-13(2)21-12-15)11-18-16-7-5-4-6-14(16)8-9-20-18/h4-7,10,12,17-19H,3,8-9,11H2,1-2H3. The number of rotatable bonds is 5. The van der Waals surface area contributed by atoms with Crippen molar-refractivity contribution in [1.29, 1.82) is 0 Å². The molecular formula is C18H23NO2. The molecule has 3 rings (SSSR count). The zero-order chi connectivity index (χ0) is 14.7. The van der Waals surface area contributed by atoms with E-state index in [9.17, 15) is 0 Å². The molecule has 1 aliphatic heterocycles. The van der Waals surface area contributed by atoms with E-state index < -0.39 is 0 Å². The molecule has 0 radical (unpaired) electrons. The fraction of sp³-hybridized carbons (Fsp3) is 0.444. The van der Waals surface area contributed by atoms with Crippen molar-refractivity contribution in [3.63, 3.8) is 0 Å². The van der Waals surface area contributed by atoms with E-state index in [0.717, 1.165) is 31.8 Å². The van der Waals surface area contributed by atoms with E-state index in [4.69, 9.17) is 9.15 Å². The first-order chi connectivity index (χ1) is 10.3. The third kappa shape index (κ3) is 3.20. The summed E-state index contributed by atoms with van der Waals surface area (Å²) in [5.41, 5.74) is 3.97. The maximum atomic E-state index is 6.04. The Balaban J connectivity index is 1.80. The van der Waals surface area contributed by atoms with E-state index in [1.807, 2.05) is 13.2 Å². The van der Waals surface area contributed by atoms with Gasteiger partial charge in [0.15, 0.2) is 0 Å². The number of aryl methyl sites for hydroxylation is 1. The first-order valence-electron chi connectivity index (χ1n) is 7.75. The maximum Gasteiger partial charge on any atom is 0.101 e. The number of furan rings is 1. The zero-order valence-corrected chi connectivity index (χ0v) is 12.8. The van der Waals surface area contributed by atoms with Crippen LogP contribution in [-0.4, -0.2) is 13.2 Å². The van der Waals surface area contributed by atoms with E-state index >= 15 is 0 Å². The minimum Gasteiger partial charge on any atom is -0.469 e. The Labute approximate surface area is 126 Å². The van der Waals surface area contributed by atoms with Crippen molar-refractivity contribution in [3.05, 3.63) is 59.0 Å². The predicted octanol–water partition coefficient (Wildman–Crippen LogP) is 3.94.